The number of ether oxygens (including phenoxy) is 1. The zero-order valence-corrected chi connectivity index (χ0v) is 10.3. The Morgan fingerprint density at radius 1 is 1.41 bits per heavy atom. The van der Waals surface area contributed by atoms with Gasteiger partial charge in [-0.05, 0) is 39.3 Å². The van der Waals surface area contributed by atoms with Crippen LogP contribution in [0.15, 0.2) is 12.1 Å². The molecular weight excluding hydrogens is 225 g/mol. The minimum Gasteiger partial charge on any atom is -0.505 e. The van der Waals surface area contributed by atoms with Gasteiger partial charge >= 0.3 is 6.09 Å². The molecular formula is C12H16FNO3. The highest BCUT2D eigenvalue weighted by Gasteiger charge is 2.17. The van der Waals surface area contributed by atoms with Crippen LogP contribution in [0.2, 0.25) is 0 Å². The standard InChI is InChI=1S/C12H16FNO3/c1-7-5-10(15)8(13)6-9(7)14-11(16)17-12(2,3)4/h5-6,15H,1-4H3,(H,14,16). The molecule has 0 saturated carbocycles. The summed E-state index contributed by atoms with van der Waals surface area (Å²) < 4.78 is 18.1. The molecule has 0 aliphatic carbocycles. The molecule has 0 aliphatic rings. The van der Waals surface area contributed by atoms with Gasteiger partial charge in [0.25, 0.3) is 0 Å². The molecule has 5 heteroatoms. The summed E-state index contributed by atoms with van der Waals surface area (Å²) in [4.78, 5) is 11.5. The first-order valence-electron chi connectivity index (χ1n) is 5.18. The van der Waals surface area contributed by atoms with Crippen LogP contribution in [0.25, 0.3) is 0 Å². The Balaban J connectivity index is 2.82. The summed E-state index contributed by atoms with van der Waals surface area (Å²) in [5.74, 6) is -1.24. The second-order valence-corrected chi connectivity index (χ2v) is 4.75. The number of aromatic hydroxyl groups is 1. The lowest BCUT2D eigenvalue weighted by Crippen LogP contribution is -2.27. The van der Waals surface area contributed by atoms with Gasteiger partial charge in [-0.15, -0.1) is 0 Å². The molecule has 1 amide bonds. The van der Waals surface area contributed by atoms with E-state index in [4.69, 9.17) is 9.84 Å². The third kappa shape index (κ3) is 3.94. The van der Waals surface area contributed by atoms with E-state index in [0.29, 0.717) is 5.56 Å². The molecule has 0 fully saturated rings. The lowest BCUT2D eigenvalue weighted by Gasteiger charge is -2.20. The number of phenolic OH excluding ortho intramolecular Hbond substituents is 1. The topological polar surface area (TPSA) is 58.6 Å². The van der Waals surface area contributed by atoms with Crippen LogP contribution < -0.4 is 5.32 Å². The van der Waals surface area contributed by atoms with E-state index < -0.39 is 23.3 Å². The Morgan fingerprint density at radius 2 is 2.00 bits per heavy atom. The Labute approximate surface area is 99.4 Å². The van der Waals surface area contributed by atoms with Crippen molar-refractivity contribution in [1.82, 2.24) is 0 Å². The van der Waals surface area contributed by atoms with Crippen LogP contribution in [0, 0.1) is 12.7 Å². The highest BCUT2D eigenvalue weighted by molar-refractivity contribution is 5.86. The lowest BCUT2D eigenvalue weighted by molar-refractivity contribution is 0.0635. The molecule has 0 radical (unpaired) electrons. The maximum absolute atomic E-state index is 13.1. The number of halogens is 1. The summed E-state index contributed by atoms with van der Waals surface area (Å²) in [6.45, 7) is 6.84. The fraction of sp³-hybridized carbons (Fsp3) is 0.417. The molecule has 94 valence electrons. The van der Waals surface area contributed by atoms with Crippen LogP contribution in [0.3, 0.4) is 0 Å². The summed E-state index contributed by atoms with van der Waals surface area (Å²) in [5.41, 5.74) is 0.206. The number of phenols is 1. The van der Waals surface area contributed by atoms with E-state index in [-0.39, 0.29) is 5.69 Å². The van der Waals surface area contributed by atoms with Crippen molar-refractivity contribution in [2.45, 2.75) is 33.3 Å². The average Bonchev–Trinajstić information content (AvgIpc) is 2.11. The summed E-state index contributed by atoms with van der Waals surface area (Å²) >= 11 is 0. The van der Waals surface area contributed by atoms with E-state index in [1.54, 1.807) is 27.7 Å². The van der Waals surface area contributed by atoms with Gasteiger partial charge in [-0.1, -0.05) is 0 Å². The molecule has 1 rings (SSSR count). The molecule has 4 nitrogen and oxygen atoms in total. The van der Waals surface area contributed by atoms with Crippen molar-refractivity contribution in [3.05, 3.63) is 23.5 Å². The molecule has 1 aromatic carbocycles. The normalized spacial score (nSPS) is 11.1. The number of benzene rings is 1. The van der Waals surface area contributed by atoms with E-state index in [1.165, 1.54) is 6.07 Å². The Bertz CT molecular complexity index is 438. The monoisotopic (exact) mass is 241 g/mol. The maximum Gasteiger partial charge on any atom is 0.412 e. The maximum atomic E-state index is 13.1. The third-order valence-corrected chi connectivity index (χ3v) is 1.93. The van der Waals surface area contributed by atoms with Gasteiger partial charge in [-0.3, -0.25) is 5.32 Å². The second kappa shape index (κ2) is 4.61. The number of hydrogen-bond acceptors (Lipinski definition) is 3. The van der Waals surface area contributed by atoms with Crippen LogP contribution in [0.5, 0.6) is 5.75 Å². The van der Waals surface area contributed by atoms with Crippen molar-refractivity contribution < 1.29 is 19.0 Å². The summed E-state index contributed by atoms with van der Waals surface area (Å²) in [6.07, 6.45) is -0.661. The van der Waals surface area contributed by atoms with Crippen molar-refractivity contribution in [3.8, 4) is 5.75 Å². The van der Waals surface area contributed by atoms with Crippen molar-refractivity contribution in [1.29, 1.82) is 0 Å². The number of nitrogens with one attached hydrogen (secondary N) is 1. The first-order valence-corrected chi connectivity index (χ1v) is 5.18. The first-order chi connectivity index (χ1) is 7.69. The van der Waals surface area contributed by atoms with E-state index >= 15 is 0 Å². The van der Waals surface area contributed by atoms with Crippen LogP contribution in [0.4, 0.5) is 14.9 Å². The van der Waals surface area contributed by atoms with E-state index in [9.17, 15) is 9.18 Å². The number of hydrogen-bond donors (Lipinski definition) is 2. The molecule has 0 atom stereocenters. The van der Waals surface area contributed by atoms with Gasteiger partial charge in [0.2, 0.25) is 0 Å². The summed E-state index contributed by atoms with van der Waals surface area (Å²) in [7, 11) is 0. The third-order valence-electron chi connectivity index (χ3n) is 1.93. The first kappa shape index (κ1) is 13.3. The molecule has 1 aromatic rings. The van der Waals surface area contributed by atoms with E-state index in [1.807, 2.05) is 0 Å². The van der Waals surface area contributed by atoms with Gasteiger partial charge in [-0.25, -0.2) is 9.18 Å². The number of aryl methyl sites for hydroxylation is 1. The van der Waals surface area contributed by atoms with Gasteiger partial charge < -0.3 is 9.84 Å². The van der Waals surface area contributed by atoms with Crippen molar-refractivity contribution in [2.75, 3.05) is 5.32 Å². The molecule has 0 spiro atoms. The van der Waals surface area contributed by atoms with Gasteiger partial charge in [-0.2, -0.15) is 0 Å². The lowest BCUT2D eigenvalue weighted by atomic mass is 10.2. The predicted octanol–water partition coefficient (Wildman–Crippen LogP) is 3.19. The molecule has 0 unspecified atom stereocenters. The highest BCUT2D eigenvalue weighted by Crippen LogP contribution is 2.24. The van der Waals surface area contributed by atoms with Crippen LogP contribution >= 0.6 is 0 Å². The molecule has 2 N–H and O–H groups in total. The largest absolute Gasteiger partial charge is 0.505 e. The number of carbonyl (C=O) groups is 1. The SMILES string of the molecule is Cc1cc(O)c(F)cc1NC(=O)OC(C)(C)C. The summed E-state index contributed by atoms with van der Waals surface area (Å²) in [6, 6.07) is 2.29. The molecule has 0 bridgehead atoms. The smallest absolute Gasteiger partial charge is 0.412 e. The van der Waals surface area contributed by atoms with Gasteiger partial charge in [0.15, 0.2) is 11.6 Å². The molecule has 0 saturated heterocycles. The van der Waals surface area contributed by atoms with Crippen molar-refractivity contribution >= 4 is 11.8 Å². The Kier molecular flexibility index (Phi) is 3.60. The molecule has 0 heterocycles. The van der Waals surface area contributed by atoms with Crippen LogP contribution in [-0.4, -0.2) is 16.8 Å². The van der Waals surface area contributed by atoms with Crippen LogP contribution in [0.1, 0.15) is 26.3 Å². The highest BCUT2D eigenvalue weighted by atomic mass is 19.1. The average molecular weight is 241 g/mol. The fourth-order valence-corrected chi connectivity index (χ4v) is 1.21. The predicted molar refractivity (Wildman–Crippen MR) is 62.7 cm³/mol. The molecule has 0 aromatic heterocycles. The van der Waals surface area contributed by atoms with E-state index in [0.717, 1.165) is 6.07 Å². The number of anilines is 1. The Morgan fingerprint density at radius 3 is 2.53 bits per heavy atom. The van der Waals surface area contributed by atoms with Crippen molar-refractivity contribution in [2.24, 2.45) is 0 Å². The second-order valence-electron chi connectivity index (χ2n) is 4.75. The summed E-state index contributed by atoms with van der Waals surface area (Å²) in [5, 5.41) is 11.5. The zero-order chi connectivity index (χ0) is 13.2. The minimum atomic E-state index is -0.790. The number of rotatable bonds is 1. The van der Waals surface area contributed by atoms with E-state index in [2.05, 4.69) is 5.32 Å². The van der Waals surface area contributed by atoms with Gasteiger partial charge in [0, 0.05) is 6.07 Å². The number of amides is 1. The Hall–Kier alpha value is -1.78. The molecule has 0 aliphatic heterocycles. The van der Waals surface area contributed by atoms with Gasteiger partial charge in [0.1, 0.15) is 5.60 Å². The zero-order valence-electron chi connectivity index (χ0n) is 10.3. The van der Waals surface area contributed by atoms with Crippen LogP contribution in [-0.2, 0) is 4.74 Å². The minimum absolute atomic E-state index is 0.273. The number of carbonyl (C=O) groups excluding carboxylic acids is 1. The van der Waals surface area contributed by atoms with Gasteiger partial charge in [0.05, 0.1) is 5.69 Å². The fourth-order valence-electron chi connectivity index (χ4n) is 1.21. The van der Waals surface area contributed by atoms with Crippen molar-refractivity contribution in [3.63, 3.8) is 0 Å². The quantitative estimate of drug-likeness (QED) is 0.742. The molecule has 17 heavy (non-hydrogen) atoms.